The highest BCUT2D eigenvalue weighted by molar-refractivity contribution is 5.89. The Labute approximate surface area is 220 Å². The summed E-state index contributed by atoms with van der Waals surface area (Å²) in [6.07, 6.45) is 0.109. The third-order valence-electron chi connectivity index (χ3n) is 7.48. The number of pyridine rings is 2. The summed E-state index contributed by atoms with van der Waals surface area (Å²) in [5, 5.41) is 12.1. The lowest BCUT2D eigenvalue weighted by atomic mass is 9.86. The van der Waals surface area contributed by atoms with Crippen molar-refractivity contribution >= 4 is 16.9 Å². The quantitative estimate of drug-likeness (QED) is 0.353. The monoisotopic (exact) mass is 511 g/mol. The third-order valence-corrected chi connectivity index (χ3v) is 7.48. The molecule has 0 unspecified atom stereocenters. The van der Waals surface area contributed by atoms with Crippen LogP contribution in [0.15, 0.2) is 53.3 Å². The molecule has 6 rings (SSSR count). The Morgan fingerprint density at radius 2 is 1.89 bits per heavy atom. The number of hydrogen-bond donors (Lipinski definition) is 1. The standard InChI is InChI=1S/C30H29N3O5/c1-5-30(36)23-13-25-27-18(14-33(25)28(34)22(23)16-37-29(30)35)12-20-21(15-32(3)4)26(11-10-24(20)31-27)38-19-8-6-17(2)7-9-19/h6-13,36H,5,14-16H2,1-4H3/t30-/m0/s1. The molecule has 0 saturated heterocycles. The summed E-state index contributed by atoms with van der Waals surface area (Å²) in [5.74, 6) is 0.786. The van der Waals surface area contributed by atoms with E-state index in [1.807, 2.05) is 57.4 Å². The van der Waals surface area contributed by atoms with Gasteiger partial charge >= 0.3 is 5.97 Å². The highest BCUT2D eigenvalue weighted by Gasteiger charge is 2.45. The minimum Gasteiger partial charge on any atom is -0.458 e. The van der Waals surface area contributed by atoms with E-state index in [0.29, 0.717) is 35.6 Å². The minimum absolute atomic E-state index is 0.109. The Morgan fingerprint density at radius 3 is 2.61 bits per heavy atom. The van der Waals surface area contributed by atoms with Crippen molar-refractivity contribution in [3.05, 3.63) is 86.7 Å². The molecule has 0 bridgehead atoms. The van der Waals surface area contributed by atoms with Crippen LogP contribution in [0.5, 0.6) is 11.5 Å². The molecular weight excluding hydrogens is 482 g/mol. The van der Waals surface area contributed by atoms with Gasteiger partial charge in [0.1, 0.15) is 18.1 Å². The molecule has 8 heteroatoms. The number of benzene rings is 2. The molecule has 2 aromatic heterocycles. The van der Waals surface area contributed by atoms with E-state index in [1.54, 1.807) is 17.6 Å². The molecule has 0 radical (unpaired) electrons. The number of hydrogen-bond acceptors (Lipinski definition) is 7. The molecule has 0 saturated carbocycles. The van der Waals surface area contributed by atoms with E-state index in [4.69, 9.17) is 14.5 Å². The van der Waals surface area contributed by atoms with E-state index in [1.165, 1.54) is 0 Å². The van der Waals surface area contributed by atoms with E-state index in [2.05, 4.69) is 11.0 Å². The molecule has 0 spiro atoms. The fraction of sp³-hybridized carbons (Fsp3) is 0.300. The van der Waals surface area contributed by atoms with E-state index in [9.17, 15) is 14.7 Å². The second-order valence-electron chi connectivity index (χ2n) is 10.4. The number of fused-ring (bicyclic) bond motifs is 5. The van der Waals surface area contributed by atoms with Crippen molar-refractivity contribution in [2.75, 3.05) is 14.1 Å². The van der Waals surface area contributed by atoms with Crippen LogP contribution in [0.25, 0.3) is 22.3 Å². The fourth-order valence-electron chi connectivity index (χ4n) is 5.40. The van der Waals surface area contributed by atoms with Crippen molar-refractivity contribution in [3.8, 4) is 22.9 Å². The summed E-state index contributed by atoms with van der Waals surface area (Å²) in [6, 6.07) is 15.6. The molecule has 4 heterocycles. The van der Waals surface area contributed by atoms with Crippen LogP contribution in [0.2, 0.25) is 0 Å². The average molecular weight is 512 g/mol. The summed E-state index contributed by atoms with van der Waals surface area (Å²) in [7, 11) is 4.01. The molecule has 1 atom stereocenters. The van der Waals surface area contributed by atoms with Crippen molar-refractivity contribution < 1.29 is 19.4 Å². The van der Waals surface area contributed by atoms with Gasteiger partial charge in [-0.2, -0.15) is 0 Å². The highest BCUT2D eigenvalue weighted by atomic mass is 16.6. The minimum atomic E-state index is -1.84. The molecule has 1 N–H and O–H groups in total. The molecule has 2 aliphatic rings. The SMILES string of the molecule is CC[C@@]1(O)C(=O)OCc2c1cc1n(c2=O)Cc2cc3c(CN(C)C)c(Oc4ccc(C)cc4)ccc3nc2-1. The molecule has 2 aromatic carbocycles. The summed E-state index contributed by atoms with van der Waals surface area (Å²) in [4.78, 5) is 33.0. The largest absolute Gasteiger partial charge is 0.458 e. The maximum atomic E-state index is 13.5. The van der Waals surface area contributed by atoms with Gasteiger partial charge < -0.3 is 24.0 Å². The Balaban J connectivity index is 1.51. The maximum Gasteiger partial charge on any atom is 0.343 e. The van der Waals surface area contributed by atoms with Gasteiger partial charge in [-0.25, -0.2) is 9.78 Å². The smallest absolute Gasteiger partial charge is 0.343 e. The first kappa shape index (κ1) is 24.3. The van der Waals surface area contributed by atoms with Crippen LogP contribution in [0, 0.1) is 6.92 Å². The normalized spacial score (nSPS) is 17.8. The molecule has 0 amide bonds. The van der Waals surface area contributed by atoms with Crippen LogP contribution in [0.3, 0.4) is 0 Å². The summed E-state index contributed by atoms with van der Waals surface area (Å²) >= 11 is 0. The van der Waals surface area contributed by atoms with Gasteiger partial charge in [0.25, 0.3) is 5.56 Å². The van der Waals surface area contributed by atoms with Gasteiger partial charge in [0.2, 0.25) is 0 Å². The van der Waals surface area contributed by atoms with Crippen molar-refractivity contribution in [3.63, 3.8) is 0 Å². The predicted octanol–water partition coefficient (Wildman–Crippen LogP) is 4.24. The predicted molar refractivity (Wildman–Crippen MR) is 143 cm³/mol. The number of carbonyl (C=O) groups excluding carboxylic acids is 1. The zero-order chi connectivity index (χ0) is 26.8. The van der Waals surface area contributed by atoms with Gasteiger partial charge in [-0.15, -0.1) is 0 Å². The van der Waals surface area contributed by atoms with Crippen molar-refractivity contribution in [1.29, 1.82) is 0 Å². The Kier molecular flexibility index (Phi) is 5.63. The van der Waals surface area contributed by atoms with E-state index in [0.717, 1.165) is 39.1 Å². The lowest BCUT2D eigenvalue weighted by molar-refractivity contribution is -0.172. The van der Waals surface area contributed by atoms with Crippen molar-refractivity contribution in [1.82, 2.24) is 14.5 Å². The summed E-state index contributed by atoms with van der Waals surface area (Å²) in [6.45, 7) is 4.58. The topological polar surface area (TPSA) is 93.9 Å². The molecule has 38 heavy (non-hydrogen) atoms. The van der Waals surface area contributed by atoms with E-state index in [-0.39, 0.29) is 18.6 Å². The number of carbonyl (C=O) groups is 1. The van der Waals surface area contributed by atoms with E-state index < -0.39 is 11.6 Å². The Bertz CT molecular complexity index is 1670. The number of cyclic esters (lactones) is 1. The Hall–Kier alpha value is -4.01. The van der Waals surface area contributed by atoms with Crippen LogP contribution in [0.4, 0.5) is 0 Å². The number of esters is 1. The van der Waals surface area contributed by atoms with Crippen molar-refractivity contribution in [2.45, 2.75) is 45.6 Å². The molecule has 2 aliphatic heterocycles. The lowest BCUT2D eigenvalue weighted by Crippen LogP contribution is -2.44. The number of aromatic nitrogens is 2. The third kappa shape index (κ3) is 3.71. The number of aryl methyl sites for hydroxylation is 1. The van der Waals surface area contributed by atoms with Crippen LogP contribution >= 0.6 is 0 Å². The zero-order valence-corrected chi connectivity index (χ0v) is 21.9. The number of nitrogens with zero attached hydrogens (tertiary/aromatic N) is 3. The molecule has 194 valence electrons. The first-order valence-corrected chi connectivity index (χ1v) is 12.7. The Morgan fingerprint density at radius 1 is 1.13 bits per heavy atom. The van der Waals surface area contributed by atoms with Crippen LogP contribution in [0.1, 0.15) is 41.2 Å². The van der Waals surface area contributed by atoms with Gasteiger partial charge in [-0.3, -0.25) is 4.79 Å². The van der Waals surface area contributed by atoms with E-state index >= 15 is 0 Å². The van der Waals surface area contributed by atoms with Gasteiger partial charge in [0, 0.05) is 28.6 Å². The first-order chi connectivity index (χ1) is 18.2. The zero-order valence-electron chi connectivity index (χ0n) is 21.9. The van der Waals surface area contributed by atoms with Crippen LogP contribution in [-0.4, -0.2) is 39.6 Å². The highest BCUT2D eigenvalue weighted by Crippen LogP contribution is 2.40. The lowest BCUT2D eigenvalue weighted by Gasteiger charge is -2.31. The van der Waals surface area contributed by atoms with Crippen LogP contribution < -0.4 is 10.3 Å². The van der Waals surface area contributed by atoms with Gasteiger partial charge in [0.15, 0.2) is 5.60 Å². The van der Waals surface area contributed by atoms with Gasteiger partial charge in [-0.1, -0.05) is 24.6 Å². The first-order valence-electron chi connectivity index (χ1n) is 12.7. The van der Waals surface area contributed by atoms with Crippen LogP contribution in [-0.2, 0) is 34.8 Å². The van der Waals surface area contributed by atoms with Gasteiger partial charge in [-0.05, 0) is 63.8 Å². The molecule has 0 aliphatic carbocycles. The molecule has 0 fully saturated rings. The summed E-state index contributed by atoms with van der Waals surface area (Å²) in [5.41, 5.74) is 3.64. The number of ether oxygens (including phenoxy) is 2. The second-order valence-corrected chi connectivity index (χ2v) is 10.4. The fourth-order valence-corrected chi connectivity index (χ4v) is 5.40. The number of aliphatic hydroxyl groups is 1. The molecular formula is C30H29N3O5. The maximum absolute atomic E-state index is 13.5. The van der Waals surface area contributed by atoms with Gasteiger partial charge in [0.05, 0.1) is 29.0 Å². The molecule has 8 nitrogen and oxygen atoms in total. The second kappa shape index (κ2) is 8.79. The summed E-state index contributed by atoms with van der Waals surface area (Å²) < 4.78 is 13.1. The number of rotatable bonds is 5. The molecule has 4 aromatic rings. The van der Waals surface area contributed by atoms with Crippen molar-refractivity contribution in [2.24, 2.45) is 0 Å². The average Bonchev–Trinajstić information content (AvgIpc) is 3.26.